The fourth-order valence-corrected chi connectivity index (χ4v) is 4.93. The summed E-state index contributed by atoms with van der Waals surface area (Å²) in [6, 6.07) is 23.4. The molecule has 0 bridgehead atoms. The smallest absolute Gasteiger partial charge is 0.269 e. The Labute approximate surface area is 228 Å². The highest BCUT2D eigenvalue weighted by atomic mass is 32.2. The van der Waals surface area contributed by atoms with Gasteiger partial charge in [0.25, 0.3) is 5.69 Å². The van der Waals surface area contributed by atoms with Crippen molar-refractivity contribution in [3.05, 3.63) is 111 Å². The van der Waals surface area contributed by atoms with Crippen molar-refractivity contribution < 1.29 is 14.5 Å². The lowest BCUT2D eigenvalue weighted by atomic mass is 10.0. The lowest BCUT2D eigenvalue weighted by Crippen LogP contribution is -2.52. The summed E-state index contributed by atoms with van der Waals surface area (Å²) in [6.07, 6.45) is 1.20. The second-order valence-corrected chi connectivity index (χ2v) is 10.4. The van der Waals surface area contributed by atoms with E-state index >= 15 is 0 Å². The number of amides is 2. The number of carbonyl (C=O) groups is 2. The number of nitro benzene ring substituents is 1. The van der Waals surface area contributed by atoms with Gasteiger partial charge in [-0.2, -0.15) is 0 Å². The molecule has 0 aromatic heterocycles. The maximum absolute atomic E-state index is 13.7. The van der Waals surface area contributed by atoms with Gasteiger partial charge in [0.2, 0.25) is 11.8 Å². The molecule has 3 aromatic carbocycles. The van der Waals surface area contributed by atoms with Crippen LogP contribution in [0.4, 0.5) is 5.69 Å². The first kappa shape index (κ1) is 28.9. The second kappa shape index (κ2) is 14.3. The molecule has 0 spiro atoms. The average Bonchev–Trinajstić information content (AvgIpc) is 2.91. The van der Waals surface area contributed by atoms with E-state index in [2.05, 4.69) is 5.32 Å². The van der Waals surface area contributed by atoms with Crippen LogP contribution < -0.4 is 5.32 Å². The number of benzene rings is 3. The van der Waals surface area contributed by atoms with E-state index in [1.807, 2.05) is 75.4 Å². The summed E-state index contributed by atoms with van der Waals surface area (Å²) < 4.78 is 0. The largest absolute Gasteiger partial charge is 0.352 e. The van der Waals surface area contributed by atoms with Crippen LogP contribution in [0.5, 0.6) is 0 Å². The molecule has 1 N–H and O–H groups in total. The lowest BCUT2D eigenvalue weighted by Gasteiger charge is -2.32. The van der Waals surface area contributed by atoms with Crippen molar-refractivity contribution in [2.75, 3.05) is 5.75 Å². The molecule has 2 atom stereocenters. The second-order valence-electron chi connectivity index (χ2n) is 9.45. The number of nitro groups is 1. The third-order valence-electron chi connectivity index (χ3n) is 6.35. The minimum absolute atomic E-state index is 0.00629. The minimum atomic E-state index is -0.667. The molecule has 38 heavy (non-hydrogen) atoms. The fraction of sp³-hybridized carbons (Fsp3) is 0.333. The van der Waals surface area contributed by atoms with Crippen molar-refractivity contribution in [3.8, 4) is 0 Å². The first-order valence-electron chi connectivity index (χ1n) is 12.8. The normalized spacial score (nSPS) is 12.4. The zero-order valence-corrected chi connectivity index (χ0v) is 22.9. The fourth-order valence-electron chi connectivity index (χ4n) is 4.06. The van der Waals surface area contributed by atoms with Crippen molar-refractivity contribution in [2.24, 2.45) is 0 Å². The number of nitrogens with zero attached hydrogens (tertiary/aromatic N) is 2. The van der Waals surface area contributed by atoms with Crippen LogP contribution in [0, 0.1) is 17.0 Å². The molecule has 7 nitrogen and oxygen atoms in total. The zero-order valence-electron chi connectivity index (χ0n) is 22.1. The number of thioether (sulfide) groups is 1. The van der Waals surface area contributed by atoms with E-state index in [9.17, 15) is 19.7 Å². The van der Waals surface area contributed by atoms with Crippen LogP contribution in [0.3, 0.4) is 0 Å². The topological polar surface area (TPSA) is 92.6 Å². The van der Waals surface area contributed by atoms with E-state index in [1.165, 1.54) is 23.9 Å². The molecule has 3 aromatic rings. The minimum Gasteiger partial charge on any atom is -0.352 e. The van der Waals surface area contributed by atoms with Gasteiger partial charge >= 0.3 is 0 Å². The van der Waals surface area contributed by atoms with E-state index < -0.39 is 11.0 Å². The summed E-state index contributed by atoms with van der Waals surface area (Å²) in [6.45, 7) is 6.31. The van der Waals surface area contributed by atoms with Gasteiger partial charge in [0.1, 0.15) is 6.04 Å². The van der Waals surface area contributed by atoms with Crippen molar-refractivity contribution >= 4 is 29.3 Å². The highest BCUT2D eigenvalue weighted by molar-refractivity contribution is 7.99. The maximum atomic E-state index is 13.7. The van der Waals surface area contributed by atoms with E-state index in [4.69, 9.17) is 0 Å². The van der Waals surface area contributed by atoms with Crippen LogP contribution in [0.1, 0.15) is 42.5 Å². The molecule has 2 amide bonds. The van der Waals surface area contributed by atoms with Gasteiger partial charge in [-0.25, -0.2) is 0 Å². The Morgan fingerprint density at radius 3 is 2.29 bits per heavy atom. The van der Waals surface area contributed by atoms with Gasteiger partial charge in [-0.05, 0) is 37.0 Å². The molecule has 3 rings (SSSR count). The van der Waals surface area contributed by atoms with E-state index in [0.29, 0.717) is 18.7 Å². The molecule has 0 aliphatic rings. The van der Waals surface area contributed by atoms with Crippen molar-refractivity contribution in [2.45, 2.75) is 58.0 Å². The van der Waals surface area contributed by atoms with Gasteiger partial charge in [-0.1, -0.05) is 79.2 Å². The summed E-state index contributed by atoms with van der Waals surface area (Å²) in [5, 5.41) is 14.0. The summed E-state index contributed by atoms with van der Waals surface area (Å²) in [5.41, 5.74) is 3.97. The van der Waals surface area contributed by atoms with Gasteiger partial charge in [0, 0.05) is 36.9 Å². The molecule has 200 valence electrons. The molecule has 0 saturated heterocycles. The molecule has 8 heteroatoms. The number of nitrogens with one attached hydrogen (secondary N) is 1. The van der Waals surface area contributed by atoms with E-state index in [1.54, 1.807) is 17.0 Å². The maximum Gasteiger partial charge on any atom is 0.269 e. The predicted molar refractivity (Wildman–Crippen MR) is 153 cm³/mol. The molecule has 0 radical (unpaired) electrons. The standard InChI is InChI=1S/C30H35N3O4S/c1-4-23(3)31-30(35)28(18-24-10-6-5-7-11-24)32(19-26-12-8-9-22(2)17-26)29(34)21-38-20-25-13-15-27(16-14-25)33(36)37/h5-17,23,28H,4,18-21H2,1-3H3,(H,31,35). The van der Waals surface area contributed by atoms with Crippen LogP contribution >= 0.6 is 11.8 Å². The molecular weight excluding hydrogens is 498 g/mol. The van der Waals surface area contributed by atoms with Crippen LogP contribution in [0.15, 0.2) is 78.9 Å². The third kappa shape index (κ3) is 8.73. The van der Waals surface area contributed by atoms with Crippen LogP contribution in [-0.4, -0.2) is 39.5 Å². The van der Waals surface area contributed by atoms with Crippen LogP contribution in [0.2, 0.25) is 0 Å². The average molecular weight is 534 g/mol. The molecule has 0 saturated carbocycles. The number of rotatable bonds is 13. The Morgan fingerprint density at radius 2 is 1.66 bits per heavy atom. The molecule has 0 fully saturated rings. The highest BCUT2D eigenvalue weighted by Crippen LogP contribution is 2.20. The Morgan fingerprint density at radius 1 is 0.974 bits per heavy atom. The van der Waals surface area contributed by atoms with Gasteiger partial charge in [-0.3, -0.25) is 19.7 Å². The number of hydrogen-bond acceptors (Lipinski definition) is 5. The highest BCUT2D eigenvalue weighted by Gasteiger charge is 2.30. The van der Waals surface area contributed by atoms with Gasteiger partial charge in [0.05, 0.1) is 10.7 Å². The zero-order chi connectivity index (χ0) is 27.5. The van der Waals surface area contributed by atoms with E-state index in [0.717, 1.165) is 28.7 Å². The SMILES string of the molecule is CCC(C)NC(=O)C(Cc1ccccc1)N(Cc1cccc(C)c1)C(=O)CSCc1ccc([N+](=O)[O-])cc1. The van der Waals surface area contributed by atoms with Crippen molar-refractivity contribution in [1.82, 2.24) is 10.2 Å². The third-order valence-corrected chi connectivity index (χ3v) is 7.34. The number of carbonyl (C=O) groups excluding carboxylic acids is 2. The van der Waals surface area contributed by atoms with Crippen molar-refractivity contribution in [1.29, 1.82) is 0 Å². The Balaban J connectivity index is 1.83. The summed E-state index contributed by atoms with van der Waals surface area (Å²) in [5.74, 6) is 0.429. The Hall–Kier alpha value is -3.65. The van der Waals surface area contributed by atoms with Gasteiger partial charge in [0.15, 0.2) is 0 Å². The van der Waals surface area contributed by atoms with Gasteiger partial charge in [-0.15, -0.1) is 11.8 Å². The van der Waals surface area contributed by atoms with Crippen LogP contribution in [0.25, 0.3) is 0 Å². The molecule has 0 aliphatic heterocycles. The van der Waals surface area contributed by atoms with Gasteiger partial charge < -0.3 is 10.2 Å². The molecular formula is C30H35N3O4S. The quantitative estimate of drug-likeness (QED) is 0.225. The summed E-state index contributed by atoms with van der Waals surface area (Å²) in [7, 11) is 0. The van der Waals surface area contributed by atoms with Crippen LogP contribution in [-0.2, 0) is 28.3 Å². The predicted octanol–water partition coefficient (Wildman–Crippen LogP) is 5.69. The lowest BCUT2D eigenvalue weighted by molar-refractivity contribution is -0.384. The Kier molecular flexibility index (Phi) is 10.9. The monoisotopic (exact) mass is 533 g/mol. The summed E-state index contributed by atoms with van der Waals surface area (Å²) in [4.78, 5) is 39.4. The molecule has 0 aliphatic carbocycles. The number of hydrogen-bond donors (Lipinski definition) is 1. The van der Waals surface area contributed by atoms with Crippen molar-refractivity contribution in [3.63, 3.8) is 0 Å². The molecule has 0 heterocycles. The number of aryl methyl sites for hydroxylation is 1. The first-order chi connectivity index (χ1) is 18.3. The number of non-ortho nitro benzene ring substituents is 1. The van der Waals surface area contributed by atoms with E-state index in [-0.39, 0.29) is 29.3 Å². The first-order valence-corrected chi connectivity index (χ1v) is 13.9. The summed E-state index contributed by atoms with van der Waals surface area (Å²) >= 11 is 1.43. The molecule has 2 unspecified atom stereocenters. The Bertz CT molecular complexity index is 1220.